The second kappa shape index (κ2) is 9.03. The number of rotatable bonds is 6. The fourth-order valence-corrected chi connectivity index (χ4v) is 4.35. The molecule has 5 rings (SSSR count). The second-order valence-corrected chi connectivity index (χ2v) is 9.94. The lowest BCUT2D eigenvalue weighted by atomic mass is 9.99. The van der Waals surface area contributed by atoms with Crippen LogP contribution in [0.15, 0.2) is 67.4 Å². The number of nitrogens with zero attached hydrogens (tertiary/aromatic N) is 2. The number of benzene rings is 3. The maximum absolute atomic E-state index is 4.85. The fourth-order valence-electron chi connectivity index (χ4n) is 4.35. The highest BCUT2D eigenvalue weighted by Crippen LogP contribution is 2.29. The van der Waals surface area contributed by atoms with Gasteiger partial charge in [0.15, 0.2) is 0 Å². The van der Waals surface area contributed by atoms with E-state index in [0.717, 1.165) is 50.5 Å². The molecule has 0 saturated heterocycles. The number of nitrogens with one attached hydrogen (secondary N) is 2. The topological polar surface area (TPSA) is 57.4 Å². The van der Waals surface area contributed by atoms with Gasteiger partial charge in [-0.3, -0.25) is 0 Å². The Morgan fingerprint density at radius 3 is 2.46 bits per heavy atom. The zero-order valence-corrected chi connectivity index (χ0v) is 21.1. The molecular weight excluding hydrogens is 428 g/mol. The number of hydrogen-bond acceptors (Lipinski definition) is 2. The Morgan fingerprint density at radius 1 is 0.914 bits per heavy atom. The van der Waals surface area contributed by atoms with E-state index >= 15 is 0 Å². The first-order valence-electron chi connectivity index (χ1n) is 12.3. The first-order chi connectivity index (χ1) is 16.8. The average Bonchev–Trinajstić information content (AvgIpc) is 3.51. The zero-order chi connectivity index (χ0) is 24.7. The molecule has 4 nitrogen and oxygen atoms in total. The number of imidazole rings is 2. The van der Waals surface area contributed by atoms with Gasteiger partial charge in [-0.2, -0.15) is 0 Å². The van der Waals surface area contributed by atoms with Gasteiger partial charge in [0, 0.05) is 22.8 Å². The summed E-state index contributed by atoms with van der Waals surface area (Å²) in [4.78, 5) is 16.3. The summed E-state index contributed by atoms with van der Waals surface area (Å²) in [7, 11) is 0. The van der Waals surface area contributed by atoms with Gasteiger partial charge < -0.3 is 9.97 Å². The molecule has 0 bridgehead atoms. The van der Waals surface area contributed by atoms with E-state index in [1.807, 2.05) is 6.20 Å². The third kappa shape index (κ3) is 4.44. The van der Waals surface area contributed by atoms with E-state index in [2.05, 4.69) is 117 Å². The van der Waals surface area contributed by atoms with Crippen molar-refractivity contribution in [3.05, 3.63) is 95.7 Å². The minimum Gasteiger partial charge on any atom is -0.342 e. The van der Waals surface area contributed by atoms with Crippen LogP contribution in [0.5, 0.6) is 0 Å². The van der Waals surface area contributed by atoms with Crippen LogP contribution in [0.4, 0.5) is 0 Å². The molecular formula is C31H32N4. The van der Waals surface area contributed by atoms with Gasteiger partial charge in [-0.15, -0.1) is 0 Å². The van der Waals surface area contributed by atoms with Crippen LogP contribution in [-0.4, -0.2) is 19.9 Å². The number of allylic oxidation sites excluding steroid dienone is 2. The molecule has 35 heavy (non-hydrogen) atoms. The molecule has 0 aliphatic carbocycles. The Bertz CT molecular complexity index is 1580. The van der Waals surface area contributed by atoms with Gasteiger partial charge in [0.2, 0.25) is 0 Å². The van der Waals surface area contributed by atoms with Crippen molar-refractivity contribution in [2.75, 3.05) is 0 Å². The van der Waals surface area contributed by atoms with Crippen LogP contribution in [-0.2, 0) is 0 Å². The Morgan fingerprint density at radius 2 is 1.71 bits per heavy atom. The van der Waals surface area contributed by atoms with Crippen LogP contribution < -0.4 is 0 Å². The van der Waals surface area contributed by atoms with Crippen LogP contribution in [0, 0.1) is 6.92 Å². The summed E-state index contributed by atoms with van der Waals surface area (Å²) in [6.07, 6.45) is 6.17. The van der Waals surface area contributed by atoms with E-state index in [0.29, 0.717) is 11.8 Å². The van der Waals surface area contributed by atoms with E-state index in [1.54, 1.807) is 0 Å². The van der Waals surface area contributed by atoms with Crippen LogP contribution in [0.1, 0.15) is 67.9 Å². The van der Waals surface area contributed by atoms with E-state index < -0.39 is 0 Å². The van der Waals surface area contributed by atoms with E-state index in [4.69, 9.17) is 4.98 Å². The van der Waals surface area contributed by atoms with Crippen molar-refractivity contribution in [1.82, 2.24) is 19.9 Å². The molecule has 176 valence electrons. The standard InChI is InChI=1S/C31H32N4/c1-18(2)30-32-17-28(34-30)25-10-8-21(6)22(16-25)9-7-20(5)23-11-13-26-24(15-23)12-14-27-29(26)35-31(33-27)19(3)4/h7-19H,5H2,1-4,6H3,(H,32,34)(H,33,35)/b9-7-. The summed E-state index contributed by atoms with van der Waals surface area (Å²) in [6.45, 7) is 15.1. The van der Waals surface area contributed by atoms with Gasteiger partial charge in [-0.05, 0) is 52.8 Å². The molecule has 4 heteroatoms. The highest BCUT2D eigenvalue weighted by Gasteiger charge is 2.11. The molecule has 3 aromatic carbocycles. The van der Waals surface area contributed by atoms with Crippen LogP contribution in [0.3, 0.4) is 0 Å². The van der Waals surface area contributed by atoms with Gasteiger partial charge in [0.1, 0.15) is 11.6 Å². The van der Waals surface area contributed by atoms with Crippen molar-refractivity contribution < 1.29 is 0 Å². The summed E-state index contributed by atoms with van der Waals surface area (Å²) in [5, 5.41) is 2.33. The van der Waals surface area contributed by atoms with Crippen molar-refractivity contribution in [3.63, 3.8) is 0 Å². The SMILES string of the molecule is C=C(/C=C\c1cc(-c2cnc(C(C)C)[nH]2)ccc1C)c1ccc2c(ccc3[nH]c(C(C)C)nc32)c1. The molecule has 0 atom stereocenters. The van der Waals surface area contributed by atoms with Crippen LogP contribution >= 0.6 is 0 Å². The molecule has 0 radical (unpaired) electrons. The molecule has 0 spiro atoms. The molecule has 0 fully saturated rings. The van der Waals surface area contributed by atoms with Gasteiger partial charge in [-0.1, -0.05) is 76.8 Å². The minimum absolute atomic E-state index is 0.370. The monoisotopic (exact) mass is 460 g/mol. The second-order valence-electron chi connectivity index (χ2n) is 9.94. The summed E-state index contributed by atoms with van der Waals surface area (Å²) in [5.41, 5.74) is 8.77. The normalized spacial score (nSPS) is 12.1. The van der Waals surface area contributed by atoms with Gasteiger partial charge in [0.05, 0.1) is 22.9 Å². The number of hydrogen-bond donors (Lipinski definition) is 2. The fraction of sp³-hybridized carbons (Fsp3) is 0.226. The summed E-state index contributed by atoms with van der Waals surface area (Å²) < 4.78 is 0. The third-order valence-electron chi connectivity index (χ3n) is 6.60. The molecule has 0 aliphatic rings. The quantitative estimate of drug-likeness (QED) is 0.250. The lowest BCUT2D eigenvalue weighted by molar-refractivity contribution is 0.795. The Balaban J connectivity index is 1.42. The maximum atomic E-state index is 4.85. The van der Waals surface area contributed by atoms with Crippen molar-refractivity contribution in [1.29, 1.82) is 0 Å². The minimum atomic E-state index is 0.370. The van der Waals surface area contributed by atoms with Gasteiger partial charge >= 0.3 is 0 Å². The van der Waals surface area contributed by atoms with Crippen LogP contribution in [0.25, 0.3) is 44.7 Å². The average molecular weight is 461 g/mol. The van der Waals surface area contributed by atoms with E-state index in [1.165, 1.54) is 16.5 Å². The number of aryl methyl sites for hydroxylation is 1. The largest absolute Gasteiger partial charge is 0.342 e. The Kier molecular flexibility index (Phi) is 5.89. The summed E-state index contributed by atoms with van der Waals surface area (Å²) in [6, 6.07) is 17.3. The van der Waals surface area contributed by atoms with Crippen molar-refractivity contribution in [2.24, 2.45) is 0 Å². The molecule has 0 saturated carbocycles. The van der Waals surface area contributed by atoms with Gasteiger partial charge in [-0.25, -0.2) is 9.97 Å². The third-order valence-corrected chi connectivity index (χ3v) is 6.60. The van der Waals surface area contributed by atoms with E-state index in [-0.39, 0.29) is 0 Å². The molecule has 0 aliphatic heterocycles. The highest BCUT2D eigenvalue weighted by molar-refractivity contribution is 6.05. The zero-order valence-electron chi connectivity index (χ0n) is 21.1. The molecule has 2 N–H and O–H groups in total. The van der Waals surface area contributed by atoms with Crippen molar-refractivity contribution >= 4 is 33.5 Å². The van der Waals surface area contributed by atoms with Crippen molar-refractivity contribution in [2.45, 2.75) is 46.5 Å². The smallest absolute Gasteiger partial charge is 0.109 e. The molecule has 0 unspecified atom stereocenters. The molecule has 0 amide bonds. The lowest BCUT2D eigenvalue weighted by Crippen LogP contribution is -1.90. The van der Waals surface area contributed by atoms with Crippen molar-refractivity contribution in [3.8, 4) is 11.3 Å². The first kappa shape index (κ1) is 22.9. The summed E-state index contributed by atoms with van der Waals surface area (Å²) >= 11 is 0. The predicted octanol–water partition coefficient (Wildman–Crippen LogP) is 8.39. The number of fused-ring (bicyclic) bond motifs is 3. The highest BCUT2D eigenvalue weighted by atomic mass is 14.9. The molecule has 5 aromatic rings. The number of aromatic amines is 2. The molecule has 2 aromatic heterocycles. The predicted molar refractivity (Wildman–Crippen MR) is 149 cm³/mol. The number of H-pyrrole nitrogens is 2. The lowest BCUT2D eigenvalue weighted by Gasteiger charge is -2.07. The Labute approximate surface area is 206 Å². The Hall–Kier alpha value is -3.92. The maximum Gasteiger partial charge on any atom is 0.109 e. The van der Waals surface area contributed by atoms with E-state index in [9.17, 15) is 0 Å². The first-order valence-corrected chi connectivity index (χ1v) is 12.3. The summed E-state index contributed by atoms with van der Waals surface area (Å²) in [5.74, 6) is 2.78. The number of aromatic nitrogens is 4. The van der Waals surface area contributed by atoms with Crippen LogP contribution in [0.2, 0.25) is 0 Å². The molecule has 2 heterocycles. The van der Waals surface area contributed by atoms with Gasteiger partial charge in [0.25, 0.3) is 0 Å².